The van der Waals surface area contributed by atoms with Crippen molar-refractivity contribution in [3.63, 3.8) is 0 Å². The van der Waals surface area contributed by atoms with Crippen LogP contribution in [0.3, 0.4) is 0 Å². The zero-order chi connectivity index (χ0) is 21.1. The summed E-state index contributed by atoms with van der Waals surface area (Å²) in [6.45, 7) is 1.38. The van der Waals surface area contributed by atoms with Crippen molar-refractivity contribution in [2.24, 2.45) is 0 Å². The molecule has 3 aromatic rings. The third-order valence-corrected chi connectivity index (χ3v) is 4.75. The average Bonchev–Trinajstić information content (AvgIpc) is 3.10. The van der Waals surface area contributed by atoms with Gasteiger partial charge in [-0.1, -0.05) is 18.2 Å². The predicted octanol–water partition coefficient (Wildman–Crippen LogP) is 4.05. The summed E-state index contributed by atoms with van der Waals surface area (Å²) in [6, 6.07) is 14.5. The van der Waals surface area contributed by atoms with Crippen molar-refractivity contribution in [3.05, 3.63) is 89.6 Å². The largest absolute Gasteiger partial charge is 0.326 e. The molecule has 0 aliphatic carbocycles. The van der Waals surface area contributed by atoms with Crippen LogP contribution < -0.4 is 10.2 Å². The highest BCUT2D eigenvalue weighted by Crippen LogP contribution is 2.21. The van der Waals surface area contributed by atoms with Crippen molar-refractivity contribution < 1.29 is 18.4 Å². The number of anilines is 2. The molecule has 4 rings (SSSR count). The van der Waals surface area contributed by atoms with Gasteiger partial charge in [-0.15, -0.1) is 0 Å². The fourth-order valence-electron chi connectivity index (χ4n) is 3.20. The molecule has 30 heavy (non-hydrogen) atoms. The van der Waals surface area contributed by atoms with Crippen LogP contribution in [0, 0.1) is 11.6 Å². The molecule has 6 nitrogen and oxygen atoms in total. The van der Waals surface area contributed by atoms with Crippen molar-refractivity contribution in [3.8, 4) is 0 Å². The third kappa shape index (κ3) is 4.27. The lowest BCUT2D eigenvalue weighted by Crippen LogP contribution is -2.31. The summed E-state index contributed by atoms with van der Waals surface area (Å²) in [7, 11) is 0. The minimum atomic E-state index is -0.492. The Bertz CT molecular complexity index is 1070. The van der Waals surface area contributed by atoms with E-state index >= 15 is 0 Å². The van der Waals surface area contributed by atoms with Crippen molar-refractivity contribution in [2.45, 2.75) is 6.54 Å². The Labute approximate surface area is 171 Å². The van der Waals surface area contributed by atoms with Gasteiger partial charge in [-0.25, -0.2) is 18.6 Å². The summed E-state index contributed by atoms with van der Waals surface area (Å²) in [4.78, 5) is 32.4. The number of urea groups is 1. The molecule has 1 saturated heterocycles. The number of pyridine rings is 1. The average molecular weight is 408 g/mol. The molecule has 0 atom stereocenters. The van der Waals surface area contributed by atoms with Gasteiger partial charge < -0.3 is 10.2 Å². The second-order valence-corrected chi connectivity index (χ2v) is 6.85. The van der Waals surface area contributed by atoms with E-state index in [0.29, 0.717) is 31.1 Å². The van der Waals surface area contributed by atoms with Gasteiger partial charge in [0.2, 0.25) is 0 Å². The first-order chi connectivity index (χ1) is 14.5. The van der Waals surface area contributed by atoms with Crippen LogP contribution in [-0.2, 0) is 6.54 Å². The molecule has 0 radical (unpaired) electrons. The zero-order valence-electron chi connectivity index (χ0n) is 15.9. The quantitative estimate of drug-likeness (QED) is 0.693. The maximum absolute atomic E-state index is 13.3. The van der Waals surface area contributed by atoms with Gasteiger partial charge in [0.1, 0.15) is 17.5 Å². The first-order valence-corrected chi connectivity index (χ1v) is 9.33. The molecular formula is C22H18F2N4O2. The van der Waals surface area contributed by atoms with Gasteiger partial charge in [0.15, 0.2) is 0 Å². The van der Waals surface area contributed by atoms with E-state index in [1.165, 1.54) is 36.5 Å². The van der Waals surface area contributed by atoms with E-state index in [1.807, 2.05) is 0 Å². The Balaban J connectivity index is 1.39. The maximum Gasteiger partial charge on any atom is 0.326 e. The molecule has 2 aromatic carbocycles. The number of aromatic nitrogens is 1. The number of amides is 3. The van der Waals surface area contributed by atoms with Gasteiger partial charge in [-0.2, -0.15) is 0 Å². The van der Waals surface area contributed by atoms with Gasteiger partial charge in [0, 0.05) is 25.2 Å². The van der Waals surface area contributed by atoms with E-state index < -0.39 is 11.7 Å². The van der Waals surface area contributed by atoms with Gasteiger partial charge in [-0.3, -0.25) is 9.69 Å². The van der Waals surface area contributed by atoms with Crippen molar-refractivity contribution in [1.29, 1.82) is 0 Å². The van der Waals surface area contributed by atoms with Crippen LogP contribution in [0.2, 0.25) is 0 Å². The summed E-state index contributed by atoms with van der Waals surface area (Å²) in [6.07, 6.45) is 1.45. The summed E-state index contributed by atoms with van der Waals surface area (Å²) < 4.78 is 26.3. The van der Waals surface area contributed by atoms with Crippen LogP contribution >= 0.6 is 0 Å². The standard InChI is InChI=1S/C22H18F2N4O2/c23-17-6-4-15(5-7-17)14-27-10-11-28(22(27)30)20-9-8-19(13-25-20)26-21(29)16-2-1-3-18(24)12-16/h1-9,12-13H,10-11,14H2,(H,26,29). The Morgan fingerprint density at radius 3 is 2.50 bits per heavy atom. The monoisotopic (exact) mass is 408 g/mol. The molecule has 1 aromatic heterocycles. The molecular weight excluding hydrogens is 390 g/mol. The van der Waals surface area contributed by atoms with E-state index in [9.17, 15) is 18.4 Å². The molecule has 1 aliphatic rings. The van der Waals surface area contributed by atoms with Crippen LogP contribution in [0.4, 0.5) is 25.1 Å². The minimum Gasteiger partial charge on any atom is -0.321 e. The molecule has 1 N–H and O–H groups in total. The second-order valence-electron chi connectivity index (χ2n) is 6.85. The number of hydrogen-bond acceptors (Lipinski definition) is 3. The normalized spacial score (nSPS) is 13.6. The van der Waals surface area contributed by atoms with Crippen molar-refractivity contribution in [1.82, 2.24) is 9.88 Å². The van der Waals surface area contributed by atoms with Gasteiger partial charge in [0.05, 0.1) is 11.9 Å². The summed E-state index contributed by atoms with van der Waals surface area (Å²) >= 11 is 0. The summed E-state index contributed by atoms with van der Waals surface area (Å²) in [5, 5.41) is 2.65. The lowest BCUT2D eigenvalue weighted by atomic mass is 10.2. The van der Waals surface area contributed by atoms with E-state index in [2.05, 4.69) is 10.3 Å². The second kappa shape index (κ2) is 8.28. The lowest BCUT2D eigenvalue weighted by molar-refractivity contribution is 0.102. The number of carbonyl (C=O) groups is 2. The highest BCUT2D eigenvalue weighted by Gasteiger charge is 2.30. The van der Waals surface area contributed by atoms with E-state index in [1.54, 1.807) is 34.1 Å². The number of rotatable bonds is 5. The summed E-state index contributed by atoms with van der Waals surface area (Å²) in [5.74, 6) is -0.798. The SMILES string of the molecule is O=C(Nc1ccc(N2CCN(Cc3ccc(F)cc3)C2=O)nc1)c1cccc(F)c1. The van der Waals surface area contributed by atoms with Crippen molar-refractivity contribution >= 4 is 23.4 Å². The molecule has 0 bridgehead atoms. The molecule has 3 amide bonds. The Hall–Kier alpha value is -3.81. The van der Waals surface area contributed by atoms with E-state index in [4.69, 9.17) is 0 Å². The number of nitrogens with zero attached hydrogens (tertiary/aromatic N) is 3. The number of nitrogens with one attached hydrogen (secondary N) is 1. The number of benzene rings is 2. The van der Waals surface area contributed by atoms with Gasteiger partial charge in [-0.05, 0) is 48.0 Å². The first-order valence-electron chi connectivity index (χ1n) is 9.33. The Morgan fingerprint density at radius 1 is 1.00 bits per heavy atom. The van der Waals surface area contributed by atoms with Crippen LogP contribution in [0.1, 0.15) is 15.9 Å². The van der Waals surface area contributed by atoms with Crippen LogP contribution in [0.5, 0.6) is 0 Å². The molecule has 1 fully saturated rings. The van der Waals surface area contributed by atoms with Crippen LogP contribution in [0.15, 0.2) is 66.9 Å². The van der Waals surface area contributed by atoms with Crippen LogP contribution in [0.25, 0.3) is 0 Å². The minimum absolute atomic E-state index is 0.191. The van der Waals surface area contributed by atoms with Gasteiger partial charge >= 0.3 is 6.03 Å². The van der Waals surface area contributed by atoms with Crippen LogP contribution in [-0.4, -0.2) is 34.9 Å². The molecule has 0 spiro atoms. The number of carbonyl (C=O) groups excluding carboxylic acids is 2. The fraction of sp³-hybridized carbons (Fsp3) is 0.136. The van der Waals surface area contributed by atoms with Crippen molar-refractivity contribution in [2.75, 3.05) is 23.3 Å². The Kier molecular flexibility index (Phi) is 5.38. The third-order valence-electron chi connectivity index (χ3n) is 4.75. The Morgan fingerprint density at radius 2 is 1.80 bits per heavy atom. The molecule has 0 unspecified atom stereocenters. The molecule has 0 saturated carbocycles. The summed E-state index contributed by atoms with van der Waals surface area (Å²) in [5.41, 5.74) is 1.48. The lowest BCUT2D eigenvalue weighted by Gasteiger charge is -2.18. The highest BCUT2D eigenvalue weighted by molar-refractivity contribution is 6.04. The smallest absolute Gasteiger partial charge is 0.321 e. The van der Waals surface area contributed by atoms with E-state index in [0.717, 1.165) is 11.6 Å². The maximum atomic E-state index is 13.3. The molecule has 8 heteroatoms. The fourth-order valence-corrected chi connectivity index (χ4v) is 3.20. The van der Waals surface area contributed by atoms with Gasteiger partial charge in [0.25, 0.3) is 5.91 Å². The predicted molar refractivity (Wildman–Crippen MR) is 108 cm³/mol. The van der Waals surface area contributed by atoms with E-state index in [-0.39, 0.29) is 17.4 Å². The highest BCUT2D eigenvalue weighted by atomic mass is 19.1. The first kappa shape index (κ1) is 19.5. The zero-order valence-corrected chi connectivity index (χ0v) is 15.9. The molecule has 2 heterocycles. The molecule has 1 aliphatic heterocycles. The molecule has 152 valence electrons. The number of halogens is 2. The number of hydrogen-bond donors (Lipinski definition) is 1. The topological polar surface area (TPSA) is 65.5 Å².